The molecular weight excluding hydrogens is 733 g/mol. The lowest BCUT2D eigenvalue weighted by molar-refractivity contribution is -0.161. The molecule has 12 nitrogen and oxygen atoms in total. The van der Waals surface area contributed by atoms with E-state index in [1.54, 1.807) is 12.2 Å². The Balaban J connectivity index is 4.96. The summed E-state index contributed by atoms with van der Waals surface area (Å²) in [6.45, 7) is 3.18. The molecule has 54 heavy (non-hydrogen) atoms. The molecular formula is C40H70NO11PS. The number of nitrogens with two attached hydrogens (primary N) is 1. The van der Waals surface area contributed by atoms with E-state index in [0.717, 1.165) is 32.1 Å². The van der Waals surface area contributed by atoms with E-state index in [1.165, 1.54) is 76.0 Å². The summed E-state index contributed by atoms with van der Waals surface area (Å²) in [5, 5.41) is 19.3. The van der Waals surface area contributed by atoms with Crippen LogP contribution in [0.1, 0.15) is 142 Å². The second-order valence-corrected chi connectivity index (χ2v) is 15.9. The molecule has 0 aliphatic carbocycles. The minimum Gasteiger partial charge on any atom is -0.481 e. The number of carbonyl (C=O) groups excluding carboxylic acids is 2. The average Bonchev–Trinajstić information content (AvgIpc) is 3.12. The number of aliphatic hydroxyl groups is 1. The second kappa shape index (κ2) is 35.2. The van der Waals surface area contributed by atoms with E-state index in [1.807, 2.05) is 24.3 Å². The number of hydrogen-bond acceptors (Lipinski definition) is 10. The first-order valence-corrected chi connectivity index (χ1v) is 22.5. The highest BCUT2D eigenvalue weighted by Crippen LogP contribution is 2.36. The highest BCUT2D eigenvalue weighted by Gasteiger charge is 2.26. The fraction of sp³-hybridized carbons (Fsp3) is 0.725. The van der Waals surface area contributed by atoms with Crippen molar-refractivity contribution in [2.45, 2.75) is 166 Å². The second-order valence-electron chi connectivity index (χ2n) is 13.5. The summed E-state index contributed by atoms with van der Waals surface area (Å²) >= 11 is 1.20. The number of thioether (sulfide) groups is 1. The third kappa shape index (κ3) is 34.3. The Morgan fingerprint density at radius 3 is 2.00 bits per heavy atom. The zero-order chi connectivity index (χ0) is 40.3. The van der Waals surface area contributed by atoms with E-state index in [0.29, 0.717) is 6.42 Å². The zero-order valence-corrected chi connectivity index (χ0v) is 34.5. The Morgan fingerprint density at radius 2 is 1.37 bits per heavy atom. The predicted octanol–water partition coefficient (Wildman–Crippen LogP) is 8.49. The topological polar surface area (TPSA) is 203 Å². The lowest BCUT2D eigenvalue weighted by atomic mass is 10.1. The molecule has 0 fully saturated rings. The molecule has 0 aromatic rings. The molecule has 0 radical (unpaired) electrons. The van der Waals surface area contributed by atoms with Crippen molar-refractivity contribution in [2.24, 2.45) is 5.73 Å². The number of phosphoric ester groups is 1. The quantitative estimate of drug-likeness (QED) is 0.0133. The van der Waals surface area contributed by atoms with Gasteiger partial charge in [-0.05, 0) is 38.5 Å². The van der Waals surface area contributed by atoms with Gasteiger partial charge < -0.3 is 35.2 Å². The number of carbonyl (C=O) groups is 3. The molecule has 0 heterocycles. The van der Waals surface area contributed by atoms with Gasteiger partial charge >= 0.3 is 25.7 Å². The van der Waals surface area contributed by atoms with Crippen molar-refractivity contribution in [3.05, 3.63) is 48.6 Å². The molecule has 0 rings (SSSR count). The number of allylic oxidation sites excluding steroid dienone is 7. The molecule has 0 unspecified atom stereocenters. The van der Waals surface area contributed by atoms with E-state index in [2.05, 4.69) is 30.5 Å². The smallest absolute Gasteiger partial charge is 0.469 e. The number of ether oxygens (including phenoxy) is 2. The molecule has 6 N–H and O–H groups in total. The first kappa shape index (κ1) is 51.8. The monoisotopic (exact) mass is 803 g/mol. The number of rotatable bonds is 36. The molecule has 0 aliphatic rings. The summed E-state index contributed by atoms with van der Waals surface area (Å²) < 4.78 is 26.4. The molecule has 0 aromatic carbocycles. The maximum absolute atomic E-state index is 12.8. The number of hydrogen-bond donors (Lipinski definition) is 5. The summed E-state index contributed by atoms with van der Waals surface area (Å²) in [7, 11) is -4.88. The van der Waals surface area contributed by atoms with E-state index < -0.39 is 62.4 Å². The normalized spacial score (nSPS) is 14.6. The van der Waals surface area contributed by atoms with Crippen LogP contribution in [-0.2, 0) is 32.9 Å². The lowest BCUT2D eigenvalue weighted by Gasteiger charge is -2.22. The molecule has 0 saturated heterocycles. The van der Waals surface area contributed by atoms with Crippen molar-refractivity contribution in [1.82, 2.24) is 0 Å². The molecule has 14 heteroatoms. The number of aliphatic hydroxyl groups excluding tert-OH is 1. The highest BCUT2D eigenvalue weighted by molar-refractivity contribution is 8.00. The molecule has 0 aromatic heterocycles. The Hall–Kier alpha value is -2.25. The number of carboxylic acid groups (broad SMARTS) is 1. The Kier molecular flexibility index (Phi) is 33.7. The van der Waals surface area contributed by atoms with Crippen LogP contribution in [0, 0.1) is 0 Å². The fourth-order valence-electron chi connectivity index (χ4n) is 5.23. The number of aliphatic carboxylic acids is 1. The van der Waals surface area contributed by atoms with Crippen LogP contribution in [0.3, 0.4) is 0 Å². The van der Waals surface area contributed by atoms with Gasteiger partial charge in [-0.3, -0.25) is 18.9 Å². The van der Waals surface area contributed by atoms with Crippen molar-refractivity contribution in [1.29, 1.82) is 0 Å². The van der Waals surface area contributed by atoms with Crippen LogP contribution in [0.2, 0.25) is 0 Å². The summed E-state index contributed by atoms with van der Waals surface area (Å²) in [6, 6.07) is -1.14. The highest BCUT2D eigenvalue weighted by atomic mass is 32.2. The van der Waals surface area contributed by atoms with Crippen LogP contribution >= 0.6 is 19.6 Å². The maximum atomic E-state index is 12.8. The van der Waals surface area contributed by atoms with E-state index in [9.17, 15) is 24.1 Å². The zero-order valence-electron chi connectivity index (χ0n) is 32.8. The van der Waals surface area contributed by atoms with Crippen LogP contribution in [-0.4, -0.2) is 80.4 Å². The van der Waals surface area contributed by atoms with Gasteiger partial charge in [-0.2, -0.15) is 0 Å². The van der Waals surface area contributed by atoms with Gasteiger partial charge in [0, 0.05) is 23.8 Å². The molecule has 0 saturated carbocycles. The van der Waals surface area contributed by atoms with E-state index in [4.69, 9.17) is 30.1 Å². The van der Waals surface area contributed by atoms with Crippen LogP contribution in [0.4, 0.5) is 0 Å². The SMILES string of the molecule is CCCCC/C=C\C\C=C/C=C/C=C/[C@@H](SC[C@H](N)C(=O)OC[C@H](COP(=O)(O)O)OC(=O)CCCCCCCCCCCCC)[C@@H](O)CCCC(=O)O. The van der Waals surface area contributed by atoms with Crippen molar-refractivity contribution in [3.8, 4) is 0 Å². The first-order valence-electron chi connectivity index (χ1n) is 19.9. The average molecular weight is 804 g/mol. The Bertz CT molecular complexity index is 1140. The maximum Gasteiger partial charge on any atom is 0.469 e. The number of phosphoric acid groups is 1. The van der Waals surface area contributed by atoms with Crippen LogP contribution < -0.4 is 5.73 Å². The van der Waals surface area contributed by atoms with Gasteiger partial charge in [0.05, 0.1) is 12.7 Å². The summed E-state index contributed by atoms with van der Waals surface area (Å²) in [4.78, 5) is 54.5. The van der Waals surface area contributed by atoms with Gasteiger partial charge in [-0.1, -0.05) is 140 Å². The third-order valence-electron chi connectivity index (χ3n) is 8.35. The summed E-state index contributed by atoms with van der Waals surface area (Å²) in [5.41, 5.74) is 6.09. The lowest BCUT2D eigenvalue weighted by Crippen LogP contribution is -2.38. The van der Waals surface area contributed by atoms with Crippen molar-refractivity contribution in [3.63, 3.8) is 0 Å². The van der Waals surface area contributed by atoms with Crippen molar-refractivity contribution >= 4 is 37.5 Å². The third-order valence-corrected chi connectivity index (χ3v) is 10.2. The number of esters is 2. The standard InChI is InChI=1S/C40H70NO11PS/c1-3-5-7-9-11-13-15-17-18-20-22-24-28-37(36(42)27-26-29-38(43)44)54-33-35(41)40(46)50-31-34(32-51-53(47,48)49)52-39(45)30-25-23-21-19-16-14-12-10-8-6-4-2/h11,13,17-18,20,22,24,28,34-37,42H,3-10,12,14-16,19,21,23,25-27,29-33,41H2,1-2H3,(H,43,44)(H2,47,48,49)/b13-11-,18-17-,22-20+,28-24+/t34-,35+,36+,37-/m1/s1. The molecule has 312 valence electrons. The first-order chi connectivity index (χ1) is 25.9. The summed E-state index contributed by atoms with van der Waals surface area (Å²) in [6.07, 6.45) is 31.7. The van der Waals surface area contributed by atoms with Gasteiger partial charge in [-0.15, -0.1) is 11.8 Å². The summed E-state index contributed by atoms with van der Waals surface area (Å²) in [5.74, 6) is -2.34. The molecule has 4 atom stereocenters. The Morgan fingerprint density at radius 1 is 0.759 bits per heavy atom. The van der Waals surface area contributed by atoms with Gasteiger partial charge in [0.15, 0.2) is 6.10 Å². The number of unbranched alkanes of at least 4 members (excludes halogenated alkanes) is 13. The van der Waals surface area contributed by atoms with Crippen LogP contribution in [0.15, 0.2) is 48.6 Å². The largest absolute Gasteiger partial charge is 0.481 e. The van der Waals surface area contributed by atoms with Gasteiger partial charge in [0.2, 0.25) is 0 Å². The fourth-order valence-corrected chi connectivity index (χ4v) is 6.71. The van der Waals surface area contributed by atoms with Crippen LogP contribution in [0.25, 0.3) is 0 Å². The Labute approximate surface area is 328 Å². The van der Waals surface area contributed by atoms with E-state index in [-0.39, 0.29) is 31.4 Å². The van der Waals surface area contributed by atoms with E-state index >= 15 is 0 Å². The number of carboxylic acids is 1. The van der Waals surface area contributed by atoms with Crippen molar-refractivity contribution in [2.75, 3.05) is 19.0 Å². The van der Waals surface area contributed by atoms with Gasteiger partial charge in [0.1, 0.15) is 12.6 Å². The minimum absolute atomic E-state index is 0.0420. The van der Waals surface area contributed by atoms with Gasteiger partial charge in [-0.25, -0.2) is 4.57 Å². The van der Waals surface area contributed by atoms with Crippen LogP contribution in [0.5, 0.6) is 0 Å². The van der Waals surface area contributed by atoms with Gasteiger partial charge in [0.25, 0.3) is 0 Å². The molecule has 0 amide bonds. The predicted molar refractivity (Wildman–Crippen MR) is 217 cm³/mol. The van der Waals surface area contributed by atoms with Crippen molar-refractivity contribution < 1.29 is 52.9 Å². The molecule has 0 spiro atoms. The molecule has 0 aliphatic heterocycles. The minimum atomic E-state index is -4.88. The molecule has 0 bridgehead atoms.